The predicted octanol–water partition coefficient (Wildman–Crippen LogP) is 3.93. The van der Waals surface area contributed by atoms with E-state index in [0.29, 0.717) is 28.7 Å². The second kappa shape index (κ2) is 9.46. The molecule has 138 valence electrons. The van der Waals surface area contributed by atoms with E-state index in [1.807, 2.05) is 24.3 Å². The Balaban J connectivity index is 1.76. The van der Waals surface area contributed by atoms with Crippen molar-refractivity contribution in [2.24, 2.45) is 0 Å². The van der Waals surface area contributed by atoms with Crippen LogP contribution in [0.4, 0.5) is 0 Å². The fourth-order valence-corrected chi connectivity index (χ4v) is 3.11. The number of halogens is 2. The van der Waals surface area contributed by atoms with Gasteiger partial charge in [-0.15, -0.1) is 0 Å². The van der Waals surface area contributed by atoms with Gasteiger partial charge in [0.05, 0.1) is 0 Å². The van der Waals surface area contributed by atoms with Crippen molar-refractivity contribution in [3.05, 3.63) is 94.0 Å². The molecule has 1 unspecified atom stereocenters. The lowest BCUT2D eigenvalue weighted by Crippen LogP contribution is -2.37. The van der Waals surface area contributed by atoms with Gasteiger partial charge in [0.2, 0.25) is 5.91 Å². The summed E-state index contributed by atoms with van der Waals surface area (Å²) in [5.41, 5.74) is 2.60. The number of aromatic nitrogens is 2. The van der Waals surface area contributed by atoms with E-state index in [9.17, 15) is 4.79 Å². The molecule has 0 fully saturated rings. The van der Waals surface area contributed by atoms with Crippen molar-refractivity contribution in [2.75, 3.05) is 0 Å². The number of carbonyl (C=O) groups is 1. The molecule has 27 heavy (non-hydrogen) atoms. The van der Waals surface area contributed by atoms with Gasteiger partial charge in [-0.3, -0.25) is 20.1 Å². The molecule has 0 aliphatic carbocycles. The van der Waals surface area contributed by atoms with Crippen LogP contribution in [-0.4, -0.2) is 15.9 Å². The smallest absolute Gasteiger partial charge is 0.242 e. The number of benzene rings is 1. The standard InChI is InChI=1S/C20H18Cl2N4O/c21-16-3-4-17(18(22)10-16)19(25-12-14-5-8-23-9-6-14)20(27)26-13-15-2-1-7-24-11-15/h1-11,19,25H,12-13H2,(H,26,27). The summed E-state index contributed by atoms with van der Waals surface area (Å²) in [7, 11) is 0. The molecule has 7 heteroatoms. The first-order valence-electron chi connectivity index (χ1n) is 8.37. The van der Waals surface area contributed by atoms with Crippen LogP contribution in [0.5, 0.6) is 0 Å². The Labute approximate surface area is 167 Å². The number of nitrogens with zero attached hydrogens (tertiary/aromatic N) is 2. The number of carbonyl (C=O) groups excluding carboxylic acids is 1. The summed E-state index contributed by atoms with van der Waals surface area (Å²) in [4.78, 5) is 20.9. The molecule has 0 aliphatic heterocycles. The number of rotatable bonds is 7. The van der Waals surface area contributed by atoms with Gasteiger partial charge >= 0.3 is 0 Å². The van der Waals surface area contributed by atoms with Gasteiger partial charge in [0.25, 0.3) is 0 Å². The molecule has 2 aromatic heterocycles. The molecular weight excluding hydrogens is 383 g/mol. The van der Waals surface area contributed by atoms with Crippen LogP contribution in [0.25, 0.3) is 0 Å². The van der Waals surface area contributed by atoms with Gasteiger partial charge in [0.1, 0.15) is 6.04 Å². The van der Waals surface area contributed by atoms with E-state index in [-0.39, 0.29) is 5.91 Å². The van der Waals surface area contributed by atoms with Crippen LogP contribution in [0.3, 0.4) is 0 Å². The summed E-state index contributed by atoms with van der Waals surface area (Å²) in [5, 5.41) is 7.15. The van der Waals surface area contributed by atoms with Gasteiger partial charge in [0.15, 0.2) is 0 Å². The number of nitrogens with one attached hydrogen (secondary N) is 2. The Morgan fingerprint density at radius 3 is 2.48 bits per heavy atom. The maximum Gasteiger partial charge on any atom is 0.242 e. The monoisotopic (exact) mass is 400 g/mol. The molecule has 0 radical (unpaired) electrons. The largest absolute Gasteiger partial charge is 0.350 e. The van der Waals surface area contributed by atoms with Crippen LogP contribution >= 0.6 is 23.2 Å². The molecule has 0 saturated carbocycles. The summed E-state index contributed by atoms with van der Waals surface area (Å²) in [6.07, 6.45) is 6.83. The van der Waals surface area contributed by atoms with Crippen LogP contribution in [0.1, 0.15) is 22.7 Å². The highest BCUT2D eigenvalue weighted by Gasteiger charge is 2.22. The molecule has 0 bridgehead atoms. The summed E-state index contributed by atoms with van der Waals surface area (Å²) < 4.78 is 0. The van der Waals surface area contributed by atoms with Crippen molar-refractivity contribution in [3.8, 4) is 0 Å². The second-order valence-electron chi connectivity index (χ2n) is 5.91. The minimum atomic E-state index is -0.625. The summed E-state index contributed by atoms with van der Waals surface area (Å²) in [5.74, 6) is -0.183. The van der Waals surface area contributed by atoms with Gasteiger partial charge in [0, 0.05) is 47.9 Å². The van der Waals surface area contributed by atoms with E-state index in [0.717, 1.165) is 11.1 Å². The predicted molar refractivity (Wildman–Crippen MR) is 106 cm³/mol. The number of pyridine rings is 2. The van der Waals surface area contributed by atoms with Crippen LogP contribution in [0.15, 0.2) is 67.3 Å². The van der Waals surface area contributed by atoms with E-state index in [2.05, 4.69) is 20.6 Å². The summed E-state index contributed by atoms with van der Waals surface area (Å²) in [6, 6.07) is 12.0. The van der Waals surface area contributed by atoms with Crippen LogP contribution in [0, 0.1) is 0 Å². The minimum Gasteiger partial charge on any atom is -0.350 e. The van der Waals surface area contributed by atoms with E-state index in [4.69, 9.17) is 23.2 Å². The Hall–Kier alpha value is -2.47. The summed E-state index contributed by atoms with van der Waals surface area (Å²) in [6.45, 7) is 0.873. The van der Waals surface area contributed by atoms with Gasteiger partial charge in [-0.1, -0.05) is 35.3 Å². The topological polar surface area (TPSA) is 66.9 Å². The first-order chi connectivity index (χ1) is 13.1. The van der Waals surface area contributed by atoms with Crippen LogP contribution in [0.2, 0.25) is 10.0 Å². The van der Waals surface area contributed by atoms with E-state index in [1.54, 1.807) is 43.0 Å². The van der Waals surface area contributed by atoms with E-state index < -0.39 is 6.04 Å². The second-order valence-corrected chi connectivity index (χ2v) is 6.76. The highest BCUT2D eigenvalue weighted by molar-refractivity contribution is 6.35. The van der Waals surface area contributed by atoms with Crippen LogP contribution < -0.4 is 10.6 Å². The number of amides is 1. The Kier molecular flexibility index (Phi) is 6.76. The lowest BCUT2D eigenvalue weighted by atomic mass is 10.1. The lowest BCUT2D eigenvalue weighted by Gasteiger charge is -2.20. The molecule has 3 rings (SSSR count). The third-order valence-corrected chi connectivity index (χ3v) is 4.55. The molecule has 0 saturated heterocycles. The minimum absolute atomic E-state index is 0.183. The first-order valence-corrected chi connectivity index (χ1v) is 9.13. The van der Waals surface area contributed by atoms with Gasteiger partial charge in [-0.2, -0.15) is 0 Å². The summed E-state index contributed by atoms with van der Waals surface area (Å²) >= 11 is 12.3. The van der Waals surface area contributed by atoms with Gasteiger partial charge in [-0.25, -0.2) is 0 Å². The molecule has 2 heterocycles. The normalized spacial score (nSPS) is 11.8. The Morgan fingerprint density at radius 1 is 0.963 bits per heavy atom. The molecule has 2 N–H and O–H groups in total. The van der Waals surface area contributed by atoms with E-state index >= 15 is 0 Å². The van der Waals surface area contributed by atoms with Crippen molar-refractivity contribution in [2.45, 2.75) is 19.1 Å². The fourth-order valence-electron chi connectivity index (χ4n) is 2.59. The third-order valence-electron chi connectivity index (χ3n) is 3.98. The zero-order valence-electron chi connectivity index (χ0n) is 14.4. The van der Waals surface area contributed by atoms with Crippen LogP contribution in [-0.2, 0) is 17.9 Å². The molecule has 0 aliphatic rings. The first kappa shape index (κ1) is 19.3. The van der Waals surface area contributed by atoms with Gasteiger partial charge < -0.3 is 5.32 Å². The lowest BCUT2D eigenvalue weighted by molar-refractivity contribution is -0.123. The maximum absolute atomic E-state index is 12.9. The zero-order chi connectivity index (χ0) is 19.1. The molecule has 3 aromatic rings. The number of hydrogen-bond donors (Lipinski definition) is 2. The average molecular weight is 401 g/mol. The molecule has 1 aromatic carbocycles. The fraction of sp³-hybridized carbons (Fsp3) is 0.150. The molecular formula is C20H18Cl2N4O. The average Bonchev–Trinajstić information content (AvgIpc) is 2.69. The van der Waals surface area contributed by atoms with Crippen molar-refractivity contribution >= 4 is 29.1 Å². The van der Waals surface area contributed by atoms with Crippen molar-refractivity contribution in [1.82, 2.24) is 20.6 Å². The molecule has 1 amide bonds. The molecule has 5 nitrogen and oxygen atoms in total. The number of hydrogen-bond acceptors (Lipinski definition) is 4. The Bertz CT molecular complexity index is 891. The molecule has 0 spiro atoms. The molecule has 1 atom stereocenters. The Morgan fingerprint density at radius 2 is 1.78 bits per heavy atom. The van der Waals surface area contributed by atoms with Crippen molar-refractivity contribution in [1.29, 1.82) is 0 Å². The zero-order valence-corrected chi connectivity index (χ0v) is 15.9. The van der Waals surface area contributed by atoms with Gasteiger partial charge in [-0.05, 0) is 47.0 Å². The highest BCUT2D eigenvalue weighted by Crippen LogP contribution is 2.27. The third kappa shape index (κ3) is 5.50. The maximum atomic E-state index is 12.9. The SMILES string of the molecule is O=C(NCc1cccnc1)C(NCc1ccncc1)c1ccc(Cl)cc1Cl. The van der Waals surface area contributed by atoms with Crippen molar-refractivity contribution in [3.63, 3.8) is 0 Å². The van der Waals surface area contributed by atoms with Crippen molar-refractivity contribution < 1.29 is 4.79 Å². The quantitative estimate of drug-likeness (QED) is 0.630. The van der Waals surface area contributed by atoms with E-state index in [1.165, 1.54) is 0 Å². The highest BCUT2D eigenvalue weighted by atomic mass is 35.5.